The number of carbonyl (C=O) groups is 1. The largest absolute Gasteiger partial charge is 0.342 e. The third-order valence-electron chi connectivity index (χ3n) is 7.48. The van der Waals surface area contributed by atoms with Crippen LogP contribution in [-0.4, -0.2) is 67.2 Å². The third-order valence-corrected chi connectivity index (χ3v) is 7.48. The van der Waals surface area contributed by atoms with Crippen LogP contribution in [0.1, 0.15) is 37.9 Å². The summed E-state index contributed by atoms with van der Waals surface area (Å²) >= 11 is 0. The minimum absolute atomic E-state index is 0.261. The van der Waals surface area contributed by atoms with E-state index < -0.39 is 0 Å². The maximum absolute atomic E-state index is 13.2. The van der Waals surface area contributed by atoms with Gasteiger partial charge in [0, 0.05) is 69.1 Å². The maximum Gasteiger partial charge on any atom is 0.222 e. The summed E-state index contributed by atoms with van der Waals surface area (Å²) in [6, 6.07) is 4.07. The molecule has 1 aromatic heterocycles. The van der Waals surface area contributed by atoms with Crippen LogP contribution in [0.25, 0.3) is 11.1 Å². The molecule has 5 heteroatoms. The fourth-order valence-corrected chi connectivity index (χ4v) is 5.83. The van der Waals surface area contributed by atoms with Gasteiger partial charge in [-0.05, 0) is 55.7 Å². The number of pyridine rings is 1. The highest BCUT2D eigenvalue weighted by Gasteiger charge is 2.55. The summed E-state index contributed by atoms with van der Waals surface area (Å²) in [5, 5.41) is 0. The fraction of sp³-hybridized carbons (Fsp3) is 0.577. The molecule has 1 unspecified atom stereocenters. The molecule has 1 amide bonds. The first-order valence-corrected chi connectivity index (χ1v) is 11.6. The second-order valence-electron chi connectivity index (χ2n) is 9.81. The van der Waals surface area contributed by atoms with Gasteiger partial charge < -0.3 is 9.80 Å². The van der Waals surface area contributed by atoms with Crippen molar-refractivity contribution in [3.05, 3.63) is 42.2 Å². The van der Waals surface area contributed by atoms with Crippen LogP contribution in [0, 0.1) is 29.6 Å². The number of allylic oxidation sites excluding steroid dienone is 2. The Labute approximate surface area is 186 Å². The number of likely N-dealkylation sites (tertiary alicyclic amines) is 2. The molecule has 0 radical (unpaired) electrons. The molecule has 2 aliphatic heterocycles. The van der Waals surface area contributed by atoms with Gasteiger partial charge in [-0.2, -0.15) is 0 Å². The summed E-state index contributed by atoms with van der Waals surface area (Å²) in [4.78, 5) is 26.5. The number of nitrogens with zero attached hydrogens (tertiary/aromatic N) is 4. The summed E-state index contributed by atoms with van der Waals surface area (Å²) in [5.41, 5.74) is 4.08. The van der Waals surface area contributed by atoms with E-state index in [2.05, 4.69) is 46.4 Å². The average Bonchev–Trinajstić information content (AvgIpc) is 3.21. The molecule has 31 heavy (non-hydrogen) atoms. The molecular weight excluding hydrogens is 384 g/mol. The average molecular weight is 421 g/mol. The Hall–Kier alpha value is -2.27. The van der Waals surface area contributed by atoms with Gasteiger partial charge in [-0.1, -0.05) is 25.6 Å². The van der Waals surface area contributed by atoms with E-state index in [0.717, 1.165) is 73.3 Å². The van der Waals surface area contributed by atoms with Crippen molar-refractivity contribution in [2.45, 2.75) is 26.7 Å². The number of aliphatic imine (C=N–C) groups is 1. The summed E-state index contributed by atoms with van der Waals surface area (Å²) in [5.74, 6) is 3.18. The summed E-state index contributed by atoms with van der Waals surface area (Å²) in [7, 11) is 3.96. The Balaban J connectivity index is 1.46. The summed E-state index contributed by atoms with van der Waals surface area (Å²) < 4.78 is 0. The first-order chi connectivity index (χ1) is 14.9. The molecule has 5 atom stereocenters. The van der Waals surface area contributed by atoms with E-state index in [1.807, 2.05) is 31.5 Å². The zero-order valence-electron chi connectivity index (χ0n) is 19.4. The Morgan fingerprint density at radius 3 is 2.71 bits per heavy atom. The topological polar surface area (TPSA) is 48.8 Å². The van der Waals surface area contributed by atoms with Gasteiger partial charge in [-0.15, -0.1) is 0 Å². The van der Waals surface area contributed by atoms with Crippen molar-refractivity contribution in [2.24, 2.45) is 34.6 Å². The van der Waals surface area contributed by atoms with Gasteiger partial charge in [0.1, 0.15) is 0 Å². The molecule has 4 rings (SSSR count). The Kier molecular flexibility index (Phi) is 6.42. The third kappa shape index (κ3) is 4.52. The smallest absolute Gasteiger partial charge is 0.222 e. The van der Waals surface area contributed by atoms with E-state index in [1.54, 1.807) is 7.05 Å². The molecule has 2 saturated heterocycles. The molecule has 3 heterocycles. The van der Waals surface area contributed by atoms with Crippen LogP contribution in [0.3, 0.4) is 0 Å². The van der Waals surface area contributed by atoms with Gasteiger partial charge in [-0.25, -0.2) is 0 Å². The molecule has 1 aromatic rings. The molecule has 1 aliphatic carbocycles. The highest BCUT2D eigenvalue weighted by atomic mass is 16.2. The van der Waals surface area contributed by atoms with E-state index >= 15 is 0 Å². The molecule has 0 N–H and O–H groups in total. The van der Waals surface area contributed by atoms with Gasteiger partial charge in [0.05, 0.1) is 5.69 Å². The van der Waals surface area contributed by atoms with Crippen LogP contribution in [0.4, 0.5) is 0 Å². The van der Waals surface area contributed by atoms with Crippen LogP contribution < -0.4 is 0 Å². The van der Waals surface area contributed by atoms with Crippen molar-refractivity contribution in [3.8, 4) is 0 Å². The number of aromatic nitrogens is 1. The van der Waals surface area contributed by atoms with Crippen molar-refractivity contribution < 1.29 is 4.79 Å². The number of hydrogen-bond donors (Lipinski definition) is 0. The number of hydrogen-bond acceptors (Lipinski definition) is 4. The first-order valence-electron chi connectivity index (χ1n) is 11.6. The lowest BCUT2D eigenvalue weighted by atomic mass is 9.82. The Bertz CT molecular complexity index is 892. The van der Waals surface area contributed by atoms with Gasteiger partial charge in [0.25, 0.3) is 0 Å². The van der Waals surface area contributed by atoms with Crippen molar-refractivity contribution in [3.63, 3.8) is 0 Å². The summed E-state index contributed by atoms with van der Waals surface area (Å²) in [6.07, 6.45) is 7.49. The Morgan fingerprint density at radius 2 is 2.03 bits per heavy atom. The van der Waals surface area contributed by atoms with Crippen molar-refractivity contribution in [2.75, 3.05) is 40.3 Å². The minimum Gasteiger partial charge on any atom is -0.342 e. The number of amides is 1. The zero-order valence-corrected chi connectivity index (χ0v) is 19.4. The predicted octanol–water partition coefficient (Wildman–Crippen LogP) is 3.88. The second-order valence-corrected chi connectivity index (χ2v) is 9.81. The number of piperidine rings is 2. The van der Waals surface area contributed by atoms with E-state index in [-0.39, 0.29) is 5.92 Å². The molecule has 166 valence electrons. The van der Waals surface area contributed by atoms with E-state index in [9.17, 15) is 4.79 Å². The quantitative estimate of drug-likeness (QED) is 0.656. The molecule has 0 aromatic carbocycles. The number of fused-ring (bicyclic) bond motifs is 1. The van der Waals surface area contributed by atoms with Crippen LogP contribution in [0.15, 0.2) is 36.0 Å². The minimum atomic E-state index is 0.261. The molecule has 1 saturated carbocycles. The second kappa shape index (κ2) is 9.07. The normalized spacial score (nSPS) is 31.2. The maximum atomic E-state index is 13.2. The van der Waals surface area contributed by atoms with Crippen LogP contribution in [-0.2, 0) is 4.79 Å². The first kappa shape index (κ1) is 21.9. The number of rotatable bonds is 6. The van der Waals surface area contributed by atoms with Crippen molar-refractivity contribution >= 4 is 23.3 Å². The fourth-order valence-electron chi connectivity index (χ4n) is 5.83. The van der Waals surface area contributed by atoms with Gasteiger partial charge in [-0.3, -0.25) is 14.8 Å². The number of carbonyl (C=O) groups excluding carboxylic acids is 1. The molecule has 3 aliphatic rings. The molecule has 5 nitrogen and oxygen atoms in total. The van der Waals surface area contributed by atoms with Gasteiger partial charge >= 0.3 is 0 Å². The van der Waals surface area contributed by atoms with E-state index in [0.29, 0.717) is 17.7 Å². The molecule has 0 spiro atoms. The lowest BCUT2D eigenvalue weighted by molar-refractivity contribution is -0.134. The van der Waals surface area contributed by atoms with Crippen molar-refractivity contribution in [1.29, 1.82) is 0 Å². The lowest BCUT2D eigenvalue weighted by Crippen LogP contribution is -2.44. The van der Waals surface area contributed by atoms with Gasteiger partial charge in [0.2, 0.25) is 5.91 Å². The van der Waals surface area contributed by atoms with Crippen molar-refractivity contribution in [1.82, 2.24) is 14.8 Å². The van der Waals surface area contributed by atoms with Gasteiger partial charge in [0.15, 0.2) is 0 Å². The zero-order chi connectivity index (χ0) is 22.1. The molecular formula is C26H36N4O. The van der Waals surface area contributed by atoms with E-state index in [1.165, 1.54) is 0 Å². The predicted molar refractivity (Wildman–Crippen MR) is 128 cm³/mol. The summed E-state index contributed by atoms with van der Waals surface area (Å²) in [6.45, 7) is 12.7. The molecule has 0 bridgehead atoms. The standard InChI is InChI=1S/C26H36N4O/c1-6-19(12-27-4)26-21(8-7-9-28-26)18(3)20-10-17(2)13-30(14-20)25(31)11-22-23-15-29(5)16-24(22)23/h6-9,12,17,20,22-24H,3,10-11,13-16H2,1-2,4-5H3/b19-6-,27-12?/t17-,20+,22?,23-,24+/m1/s1. The SMILES string of the molecule is C=C(c1cccnc1/C(C=NC)=C\C)[C@H]1C[C@@H](C)CN(C(=O)CC2[C@H]3CN(C)C[C@@H]23)C1. The van der Waals surface area contributed by atoms with Crippen LogP contribution >= 0.6 is 0 Å². The molecule has 3 fully saturated rings. The van der Waals surface area contributed by atoms with Crippen LogP contribution in [0.2, 0.25) is 0 Å². The highest BCUT2D eigenvalue weighted by Crippen LogP contribution is 2.53. The lowest BCUT2D eigenvalue weighted by Gasteiger charge is -2.38. The highest BCUT2D eigenvalue weighted by molar-refractivity contribution is 6.10. The van der Waals surface area contributed by atoms with Crippen LogP contribution in [0.5, 0.6) is 0 Å². The monoisotopic (exact) mass is 420 g/mol. The van der Waals surface area contributed by atoms with E-state index in [4.69, 9.17) is 0 Å². The Morgan fingerprint density at radius 1 is 1.29 bits per heavy atom.